The van der Waals surface area contributed by atoms with Gasteiger partial charge in [-0.25, -0.2) is 0 Å². The maximum absolute atomic E-state index is 4.80. The molecule has 1 fully saturated rings. The summed E-state index contributed by atoms with van der Waals surface area (Å²) >= 11 is 0. The van der Waals surface area contributed by atoms with Crippen LogP contribution in [0.1, 0.15) is 73.4 Å². The van der Waals surface area contributed by atoms with Crippen molar-refractivity contribution in [2.24, 2.45) is 10.9 Å². The van der Waals surface area contributed by atoms with Gasteiger partial charge in [-0.05, 0) is 54.0 Å². The second kappa shape index (κ2) is 11.5. The number of rotatable bonds is 10. The Morgan fingerprint density at radius 1 is 0.972 bits per heavy atom. The van der Waals surface area contributed by atoms with E-state index < -0.39 is 0 Å². The van der Waals surface area contributed by atoms with Gasteiger partial charge in [0.15, 0.2) is 0 Å². The number of hydrogen-bond donors (Lipinski definition) is 3. The van der Waals surface area contributed by atoms with Crippen LogP contribution in [0.3, 0.4) is 0 Å². The van der Waals surface area contributed by atoms with E-state index in [1.54, 1.807) is 0 Å². The summed E-state index contributed by atoms with van der Waals surface area (Å²) in [6.07, 6.45) is 6.30. The van der Waals surface area contributed by atoms with E-state index in [0.29, 0.717) is 12.0 Å². The van der Waals surface area contributed by atoms with Gasteiger partial charge in [-0.15, -0.1) is 0 Å². The number of nitrogens with zero attached hydrogens (tertiary/aromatic N) is 1. The molecule has 0 amide bonds. The molecule has 1 saturated carbocycles. The molecule has 3 aromatic rings. The van der Waals surface area contributed by atoms with E-state index in [0.717, 1.165) is 47.9 Å². The largest absolute Gasteiger partial charge is 0.385 e. The monoisotopic (exact) mass is 478 g/mol. The molecule has 5 rings (SSSR count). The summed E-state index contributed by atoms with van der Waals surface area (Å²) in [6, 6.07) is 28.9. The Bertz CT molecular complexity index is 1160. The topological polar surface area (TPSA) is 48.5 Å². The van der Waals surface area contributed by atoms with Crippen molar-refractivity contribution >= 4 is 17.2 Å². The van der Waals surface area contributed by atoms with Crippen molar-refractivity contribution < 1.29 is 0 Å². The SMILES string of the molecule is C=C(NCCC)c1ccc(NC(c2ccc(C3=NCC(c4ccccc4)N3)cc2)C2CCCC2)cc1. The Balaban J connectivity index is 1.28. The highest BCUT2D eigenvalue weighted by Gasteiger charge is 2.27. The zero-order valence-electron chi connectivity index (χ0n) is 21.3. The molecule has 4 heteroatoms. The molecule has 1 heterocycles. The number of anilines is 1. The molecule has 0 spiro atoms. The van der Waals surface area contributed by atoms with Gasteiger partial charge in [0.1, 0.15) is 5.84 Å². The average molecular weight is 479 g/mol. The maximum Gasteiger partial charge on any atom is 0.128 e. The van der Waals surface area contributed by atoms with E-state index in [9.17, 15) is 0 Å². The summed E-state index contributed by atoms with van der Waals surface area (Å²) in [4.78, 5) is 4.80. The Morgan fingerprint density at radius 3 is 2.39 bits per heavy atom. The van der Waals surface area contributed by atoms with Crippen LogP contribution in [0.2, 0.25) is 0 Å². The van der Waals surface area contributed by atoms with Crippen LogP contribution in [0.4, 0.5) is 5.69 Å². The van der Waals surface area contributed by atoms with Crippen LogP contribution in [0.25, 0.3) is 5.70 Å². The van der Waals surface area contributed by atoms with E-state index in [4.69, 9.17) is 4.99 Å². The van der Waals surface area contributed by atoms with Crippen LogP contribution in [-0.2, 0) is 0 Å². The van der Waals surface area contributed by atoms with Crippen molar-refractivity contribution in [1.29, 1.82) is 0 Å². The van der Waals surface area contributed by atoms with Crippen LogP contribution < -0.4 is 16.0 Å². The van der Waals surface area contributed by atoms with Gasteiger partial charge in [-0.2, -0.15) is 0 Å². The fourth-order valence-corrected chi connectivity index (χ4v) is 5.43. The van der Waals surface area contributed by atoms with Crippen molar-refractivity contribution in [3.05, 3.63) is 108 Å². The van der Waals surface area contributed by atoms with Crippen molar-refractivity contribution in [2.45, 2.75) is 51.1 Å². The smallest absolute Gasteiger partial charge is 0.128 e. The van der Waals surface area contributed by atoms with E-state index in [1.807, 2.05) is 0 Å². The van der Waals surface area contributed by atoms with E-state index >= 15 is 0 Å². The number of nitrogens with one attached hydrogen (secondary N) is 3. The lowest BCUT2D eigenvalue weighted by molar-refractivity contribution is 0.470. The molecule has 3 aromatic carbocycles. The van der Waals surface area contributed by atoms with Gasteiger partial charge in [0.05, 0.1) is 18.6 Å². The minimum absolute atomic E-state index is 0.255. The third-order valence-corrected chi connectivity index (χ3v) is 7.50. The van der Waals surface area contributed by atoms with Crippen molar-refractivity contribution in [1.82, 2.24) is 10.6 Å². The molecule has 4 nitrogen and oxygen atoms in total. The predicted molar refractivity (Wildman–Crippen MR) is 152 cm³/mol. The van der Waals surface area contributed by atoms with Crippen LogP contribution in [0.15, 0.2) is 90.4 Å². The Labute approximate surface area is 215 Å². The summed E-state index contributed by atoms with van der Waals surface area (Å²) in [6.45, 7) is 8.08. The normalized spacial score (nSPS) is 18.4. The van der Waals surface area contributed by atoms with Crippen molar-refractivity contribution in [2.75, 3.05) is 18.4 Å². The molecule has 36 heavy (non-hydrogen) atoms. The molecule has 2 aliphatic rings. The lowest BCUT2D eigenvalue weighted by Gasteiger charge is -2.27. The lowest BCUT2D eigenvalue weighted by atomic mass is 9.90. The first kappa shape index (κ1) is 24.2. The molecular formula is C32H38N4. The highest BCUT2D eigenvalue weighted by atomic mass is 15.1. The third-order valence-electron chi connectivity index (χ3n) is 7.50. The third kappa shape index (κ3) is 5.64. The fraction of sp³-hybridized carbons (Fsp3) is 0.344. The molecule has 0 aromatic heterocycles. The van der Waals surface area contributed by atoms with Gasteiger partial charge in [0.2, 0.25) is 0 Å². The van der Waals surface area contributed by atoms with Crippen LogP contribution in [0, 0.1) is 5.92 Å². The summed E-state index contributed by atoms with van der Waals surface area (Å²) in [5.74, 6) is 1.65. The zero-order valence-corrected chi connectivity index (χ0v) is 21.3. The highest BCUT2D eigenvalue weighted by Crippen LogP contribution is 2.38. The van der Waals surface area contributed by atoms with Crippen LogP contribution >= 0.6 is 0 Å². The van der Waals surface area contributed by atoms with Crippen LogP contribution in [-0.4, -0.2) is 18.9 Å². The Morgan fingerprint density at radius 2 is 1.69 bits per heavy atom. The molecule has 1 aliphatic carbocycles. The minimum atomic E-state index is 0.255. The maximum atomic E-state index is 4.80. The van der Waals surface area contributed by atoms with Gasteiger partial charge in [0, 0.05) is 23.5 Å². The first-order valence-corrected chi connectivity index (χ1v) is 13.5. The van der Waals surface area contributed by atoms with Gasteiger partial charge in [0.25, 0.3) is 0 Å². The second-order valence-electron chi connectivity index (χ2n) is 10.1. The van der Waals surface area contributed by atoms with Crippen molar-refractivity contribution in [3.63, 3.8) is 0 Å². The zero-order chi connectivity index (χ0) is 24.7. The molecule has 186 valence electrons. The summed E-state index contributed by atoms with van der Waals surface area (Å²) in [7, 11) is 0. The quantitative estimate of drug-likeness (QED) is 0.291. The minimum Gasteiger partial charge on any atom is -0.385 e. The van der Waals surface area contributed by atoms with Crippen LogP contribution in [0.5, 0.6) is 0 Å². The number of benzene rings is 3. The summed E-state index contributed by atoms with van der Waals surface area (Å²) in [5.41, 5.74) is 7.09. The number of amidine groups is 1. The Kier molecular flexibility index (Phi) is 7.70. The molecule has 0 saturated heterocycles. The molecular weight excluding hydrogens is 440 g/mol. The first-order chi connectivity index (χ1) is 17.7. The molecule has 2 atom stereocenters. The van der Waals surface area contributed by atoms with Gasteiger partial charge < -0.3 is 16.0 Å². The summed E-state index contributed by atoms with van der Waals surface area (Å²) in [5, 5.41) is 10.9. The highest BCUT2D eigenvalue weighted by molar-refractivity contribution is 6.00. The summed E-state index contributed by atoms with van der Waals surface area (Å²) < 4.78 is 0. The molecule has 2 unspecified atom stereocenters. The van der Waals surface area contributed by atoms with Gasteiger partial charge in [-0.1, -0.05) is 93.1 Å². The van der Waals surface area contributed by atoms with E-state index in [2.05, 4.69) is 108 Å². The molecule has 0 radical (unpaired) electrons. The molecule has 1 aliphatic heterocycles. The number of aliphatic imine (C=N–C) groups is 1. The average Bonchev–Trinajstić information content (AvgIpc) is 3.65. The first-order valence-electron chi connectivity index (χ1n) is 13.5. The number of hydrogen-bond acceptors (Lipinski definition) is 4. The lowest BCUT2D eigenvalue weighted by Crippen LogP contribution is -2.24. The molecule has 0 bridgehead atoms. The predicted octanol–water partition coefficient (Wildman–Crippen LogP) is 7.09. The van der Waals surface area contributed by atoms with E-state index in [1.165, 1.54) is 36.8 Å². The standard InChI is InChI=1S/C32H38N4/c1-3-21-33-23(2)24-17-19-29(20-18-24)35-31(26-11-7-8-12-26)27-13-15-28(16-14-27)32-34-22-30(36-32)25-9-5-4-6-10-25/h4-6,9-10,13-20,26,30-31,33,35H,2-3,7-8,11-12,21-22H2,1H3,(H,34,36). The molecule has 3 N–H and O–H groups in total. The van der Waals surface area contributed by atoms with Gasteiger partial charge >= 0.3 is 0 Å². The Hall–Kier alpha value is -3.53. The van der Waals surface area contributed by atoms with E-state index in [-0.39, 0.29) is 6.04 Å². The second-order valence-corrected chi connectivity index (χ2v) is 10.1. The fourth-order valence-electron chi connectivity index (χ4n) is 5.43. The van der Waals surface area contributed by atoms with Crippen molar-refractivity contribution in [3.8, 4) is 0 Å². The van der Waals surface area contributed by atoms with Gasteiger partial charge in [-0.3, -0.25) is 4.99 Å².